The number of hydrogen-bond acceptors (Lipinski definition) is 4. The third-order valence-electron chi connectivity index (χ3n) is 4.21. The molecule has 2 N–H and O–H groups in total. The molecule has 0 aromatic heterocycles. The van der Waals surface area contributed by atoms with Gasteiger partial charge in [0.15, 0.2) is 0 Å². The van der Waals surface area contributed by atoms with Crippen molar-refractivity contribution in [2.45, 2.75) is 54.7 Å². The van der Waals surface area contributed by atoms with Crippen LogP contribution in [-0.2, 0) is 0 Å². The Balaban J connectivity index is 1.96. The first-order valence-corrected chi connectivity index (χ1v) is 8.76. The van der Waals surface area contributed by atoms with Crippen LogP contribution in [-0.4, -0.2) is 36.2 Å². The lowest BCUT2D eigenvalue weighted by molar-refractivity contribution is 0.124. The fourth-order valence-electron chi connectivity index (χ4n) is 3.01. The number of thioether (sulfide) groups is 1. The third kappa shape index (κ3) is 4.63. The van der Waals surface area contributed by atoms with E-state index in [9.17, 15) is 5.11 Å². The van der Waals surface area contributed by atoms with Crippen molar-refractivity contribution in [1.82, 2.24) is 5.32 Å². The van der Waals surface area contributed by atoms with E-state index in [2.05, 4.69) is 24.4 Å². The van der Waals surface area contributed by atoms with Crippen molar-refractivity contribution < 1.29 is 9.84 Å². The SMILES string of the molecule is CCCNC1(CO)CCCC(Sc2ccc(OC)cc2)C1. The molecule has 118 valence electrons. The van der Waals surface area contributed by atoms with Gasteiger partial charge in [0.1, 0.15) is 5.75 Å². The van der Waals surface area contributed by atoms with Crippen molar-refractivity contribution >= 4 is 11.8 Å². The average molecular weight is 309 g/mol. The molecule has 2 rings (SSSR count). The van der Waals surface area contributed by atoms with Crippen LogP contribution >= 0.6 is 11.8 Å². The molecule has 1 aliphatic carbocycles. The van der Waals surface area contributed by atoms with Crippen LogP contribution in [0.25, 0.3) is 0 Å². The Bertz CT molecular complexity index is 423. The quantitative estimate of drug-likeness (QED) is 0.809. The van der Waals surface area contributed by atoms with Gasteiger partial charge in [-0.3, -0.25) is 0 Å². The molecule has 21 heavy (non-hydrogen) atoms. The van der Waals surface area contributed by atoms with Gasteiger partial charge < -0.3 is 15.2 Å². The Morgan fingerprint density at radius 3 is 2.76 bits per heavy atom. The van der Waals surface area contributed by atoms with Gasteiger partial charge in [0.05, 0.1) is 13.7 Å². The van der Waals surface area contributed by atoms with E-state index >= 15 is 0 Å². The zero-order valence-corrected chi connectivity index (χ0v) is 13.9. The minimum Gasteiger partial charge on any atom is -0.497 e. The molecule has 0 bridgehead atoms. The maximum absolute atomic E-state index is 9.83. The number of rotatable bonds is 7. The van der Waals surface area contributed by atoms with Crippen molar-refractivity contribution in [2.75, 3.05) is 20.3 Å². The molecule has 0 heterocycles. The van der Waals surface area contributed by atoms with Crippen LogP contribution in [0.15, 0.2) is 29.2 Å². The molecule has 2 atom stereocenters. The first kappa shape index (κ1) is 16.7. The maximum Gasteiger partial charge on any atom is 0.118 e. The Kier molecular flexibility index (Phi) is 6.40. The molecule has 3 nitrogen and oxygen atoms in total. The summed E-state index contributed by atoms with van der Waals surface area (Å²) in [6, 6.07) is 8.27. The summed E-state index contributed by atoms with van der Waals surface area (Å²) in [5, 5.41) is 14.0. The number of methoxy groups -OCH3 is 1. The van der Waals surface area contributed by atoms with Crippen LogP contribution in [0.1, 0.15) is 39.0 Å². The number of ether oxygens (including phenoxy) is 1. The van der Waals surface area contributed by atoms with E-state index in [1.54, 1.807) is 7.11 Å². The third-order valence-corrected chi connectivity index (χ3v) is 5.49. The van der Waals surface area contributed by atoms with Gasteiger partial charge >= 0.3 is 0 Å². The Morgan fingerprint density at radius 2 is 2.14 bits per heavy atom. The van der Waals surface area contributed by atoms with Crippen LogP contribution in [0.3, 0.4) is 0 Å². The molecule has 0 aliphatic heterocycles. The van der Waals surface area contributed by atoms with Gasteiger partial charge in [-0.25, -0.2) is 0 Å². The molecule has 0 saturated heterocycles. The lowest BCUT2D eigenvalue weighted by Crippen LogP contribution is -2.52. The molecular formula is C17H27NO2S. The summed E-state index contributed by atoms with van der Waals surface area (Å²) in [4.78, 5) is 1.28. The summed E-state index contributed by atoms with van der Waals surface area (Å²) in [6.45, 7) is 3.40. The van der Waals surface area contributed by atoms with E-state index < -0.39 is 0 Å². The standard InChI is InChI=1S/C17H27NO2S/c1-3-11-18-17(13-19)10-4-5-16(12-17)21-15-8-6-14(20-2)7-9-15/h6-9,16,18-19H,3-5,10-13H2,1-2H3. The largest absolute Gasteiger partial charge is 0.497 e. The van der Waals surface area contributed by atoms with Crippen LogP contribution in [0.2, 0.25) is 0 Å². The Labute approximate surface area is 132 Å². The predicted molar refractivity (Wildman–Crippen MR) is 89.2 cm³/mol. The maximum atomic E-state index is 9.83. The Hall–Kier alpha value is -0.710. The van der Waals surface area contributed by atoms with Crippen molar-refractivity contribution in [3.63, 3.8) is 0 Å². The van der Waals surface area contributed by atoms with E-state index in [4.69, 9.17) is 4.74 Å². The highest BCUT2D eigenvalue weighted by Crippen LogP contribution is 2.38. The van der Waals surface area contributed by atoms with Crippen LogP contribution in [0.4, 0.5) is 0 Å². The summed E-state index contributed by atoms with van der Waals surface area (Å²) in [5.41, 5.74) is -0.0710. The number of benzene rings is 1. The zero-order chi connectivity index (χ0) is 15.1. The smallest absolute Gasteiger partial charge is 0.118 e. The second-order valence-corrected chi connectivity index (χ2v) is 7.25. The summed E-state index contributed by atoms with van der Waals surface area (Å²) < 4.78 is 5.20. The van der Waals surface area contributed by atoms with Crippen LogP contribution in [0, 0.1) is 0 Å². The molecule has 1 aliphatic rings. The summed E-state index contributed by atoms with van der Waals surface area (Å²) in [7, 11) is 1.69. The van der Waals surface area contributed by atoms with Crippen molar-refractivity contribution in [1.29, 1.82) is 0 Å². The molecule has 0 radical (unpaired) electrons. The lowest BCUT2D eigenvalue weighted by Gasteiger charge is -2.40. The number of hydrogen-bond donors (Lipinski definition) is 2. The normalized spacial score (nSPS) is 25.8. The van der Waals surface area contributed by atoms with Gasteiger partial charge in [-0.15, -0.1) is 11.8 Å². The van der Waals surface area contributed by atoms with Gasteiger partial charge in [0.2, 0.25) is 0 Å². The lowest BCUT2D eigenvalue weighted by atomic mass is 9.82. The molecule has 0 amide bonds. The summed E-state index contributed by atoms with van der Waals surface area (Å²) in [5.74, 6) is 0.900. The van der Waals surface area contributed by atoms with Gasteiger partial charge in [0.25, 0.3) is 0 Å². The van der Waals surface area contributed by atoms with E-state index in [-0.39, 0.29) is 12.1 Å². The highest BCUT2D eigenvalue weighted by Gasteiger charge is 2.35. The fraction of sp³-hybridized carbons (Fsp3) is 0.647. The molecule has 1 fully saturated rings. The second-order valence-electron chi connectivity index (χ2n) is 5.88. The van der Waals surface area contributed by atoms with Gasteiger partial charge in [-0.1, -0.05) is 13.3 Å². The average Bonchev–Trinajstić information content (AvgIpc) is 2.54. The van der Waals surface area contributed by atoms with Crippen LogP contribution < -0.4 is 10.1 Å². The summed E-state index contributed by atoms with van der Waals surface area (Å²) in [6.07, 6.45) is 5.65. The van der Waals surface area contributed by atoms with Gasteiger partial charge in [-0.2, -0.15) is 0 Å². The fourth-order valence-corrected chi connectivity index (χ4v) is 4.37. The molecular weight excluding hydrogens is 282 g/mol. The highest BCUT2D eigenvalue weighted by atomic mass is 32.2. The topological polar surface area (TPSA) is 41.5 Å². The van der Waals surface area contributed by atoms with Gasteiger partial charge in [-0.05, 0) is 56.5 Å². The number of aliphatic hydroxyl groups is 1. The molecule has 1 aromatic carbocycles. The second kappa shape index (κ2) is 8.06. The minimum absolute atomic E-state index is 0.0710. The highest BCUT2D eigenvalue weighted by molar-refractivity contribution is 8.00. The predicted octanol–water partition coefficient (Wildman–Crippen LogP) is 3.46. The minimum atomic E-state index is -0.0710. The summed E-state index contributed by atoms with van der Waals surface area (Å²) >= 11 is 1.93. The monoisotopic (exact) mass is 309 g/mol. The first-order valence-electron chi connectivity index (χ1n) is 7.88. The first-order chi connectivity index (χ1) is 10.2. The van der Waals surface area contributed by atoms with E-state index in [0.717, 1.165) is 31.6 Å². The number of nitrogens with one attached hydrogen (secondary N) is 1. The molecule has 2 unspecified atom stereocenters. The van der Waals surface area contributed by atoms with Gasteiger partial charge in [0, 0.05) is 15.7 Å². The van der Waals surface area contributed by atoms with Crippen molar-refractivity contribution in [3.05, 3.63) is 24.3 Å². The number of aliphatic hydroxyl groups excluding tert-OH is 1. The molecule has 0 spiro atoms. The van der Waals surface area contributed by atoms with Crippen LogP contribution in [0.5, 0.6) is 5.75 Å². The van der Waals surface area contributed by atoms with E-state index in [1.807, 2.05) is 23.9 Å². The molecule has 1 aromatic rings. The zero-order valence-electron chi connectivity index (χ0n) is 13.1. The molecule has 1 saturated carbocycles. The Morgan fingerprint density at radius 1 is 1.38 bits per heavy atom. The van der Waals surface area contributed by atoms with E-state index in [0.29, 0.717) is 5.25 Å². The van der Waals surface area contributed by atoms with Crippen molar-refractivity contribution in [2.24, 2.45) is 0 Å². The van der Waals surface area contributed by atoms with E-state index in [1.165, 1.54) is 17.7 Å². The molecule has 4 heteroatoms. The van der Waals surface area contributed by atoms with Crippen molar-refractivity contribution in [3.8, 4) is 5.75 Å².